The van der Waals surface area contributed by atoms with E-state index in [1.165, 1.54) is 0 Å². The third-order valence-corrected chi connectivity index (χ3v) is 3.64. The summed E-state index contributed by atoms with van der Waals surface area (Å²) < 4.78 is 13.7. The predicted octanol–water partition coefficient (Wildman–Crippen LogP) is 3.38. The van der Waals surface area contributed by atoms with Crippen molar-refractivity contribution in [2.24, 2.45) is 0 Å². The first-order valence-corrected chi connectivity index (χ1v) is 6.51. The van der Waals surface area contributed by atoms with Gasteiger partial charge in [0.15, 0.2) is 5.82 Å². The molecule has 0 saturated carbocycles. The van der Waals surface area contributed by atoms with Crippen molar-refractivity contribution in [3.8, 4) is 0 Å². The van der Waals surface area contributed by atoms with Crippen molar-refractivity contribution in [3.05, 3.63) is 29.0 Å². The molecule has 0 aromatic heterocycles. The first kappa shape index (κ1) is 12.7. The van der Waals surface area contributed by atoms with E-state index in [1.807, 2.05) is 0 Å². The topological polar surface area (TPSA) is 15.3 Å². The maximum Gasteiger partial charge on any atom is 0.164 e. The van der Waals surface area contributed by atoms with Gasteiger partial charge in [-0.25, -0.2) is 4.39 Å². The molecule has 0 spiro atoms. The molecule has 1 aliphatic rings. The van der Waals surface area contributed by atoms with Gasteiger partial charge in [0, 0.05) is 19.1 Å². The van der Waals surface area contributed by atoms with Crippen LogP contribution in [-0.2, 0) is 0 Å². The Labute approximate surface area is 107 Å². The van der Waals surface area contributed by atoms with E-state index in [0.29, 0.717) is 11.7 Å². The molecule has 17 heavy (non-hydrogen) atoms. The van der Waals surface area contributed by atoms with Crippen LogP contribution in [-0.4, -0.2) is 30.6 Å². The molecule has 2 nitrogen and oxygen atoms in total. The van der Waals surface area contributed by atoms with Gasteiger partial charge in [-0.05, 0) is 31.5 Å². The van der Waals surface area contributed by atoms with Gasteiger partial charge in [-0.2, -0.15) is 0 Å². The molecule has 1 aromatic rings. The van der Waals surface area contributed by atoms with Crippen LogP contribution in [0.3, 0.4) is 0 Å². The van der Waals surface area contributed by atoms with Gasteiger partial charge in [0.1, 0.15) is 0 Å². The van der Waals surface area contributed by atoms with Gasteiger partial charge in [0.2, 0.25) is 0 Å². The molecule has 1 N–H and O–H groups in total. The summed E-state index contributed by atoms with van der Waals surface area (Å²) in [5.74, 6) is -0.341. The number of rotatable bonds is 3. The Morgan fingerprint density at radius 3 is 2.76 bits per heavy atom. The molecule has 1 fully saturated rings. The normalized spacial score (nSPS) is 18.3. The Bertz CT molecular complexity index is 376. The lowest BCUT2D eigenvalue weighted by Crippen LogP contribution is -2.39. The number of halogens is 2. The average molecular weight is 257 g/mol. The average Bonchev–Trinajstić information content (AvgIpc) is 2.36. The van der Waals surface area contributed by atoms with Crippen LogP contribution in [0.2, 0.25) is 5.02 Å². The van der Waals surface area contributed by atoms with E-state index in [2.05, 4.69) is 17.1 Å². The molecule has 0 radical (unpaired) electrons. The maximum absolute atomic E-state index is 13.7. The summed E-state index contributed by atoms with van der Waals surface area (Å²) in [6.07, 6.45) is 2.11. The Kier molecular flexibility index (Phi) is 4.24. The first-order valence-electron chi connectivity index (χ1n) is 6.13. The highest BCUT2D eigenvalue weighted by Crippen LogP contribution is 2.24. The highest BCUT2D eigenvalue weighted by molar-refractivity contribution is 6.31. The van der Waals surface area contributed by atoms with Crippen LogP contribution >= 0.6 is 11.6 Å². The highest BCUT2D eigenvalue weighted by Gasteiger charge is 2.19. The van der Waals surface area contributed by atoms with Crippen molar-refractivity contribution in [1.29, 1.82) is 0 Å². The molecular weight excluding hydrogens is 239 g/mol. The van der Waals surface area contributed by atoms with Crippen molar-refractivity contribution >= 4 is 17.3 Å². The van der Waals surface area contributed by atoms with Crippen LogP contribution in [0.15, 0.2) is 18.2 Å². The third kappa shape index (κ3) is 3.11. The number of likely N-dealkylation sites (tertiary alicyclic amines) is 1. The van der Waals surface area contributed by atoms with E-state index in [9.17, 15) is 4.39 Å². The Morgan fingerprint density at radius 1 is 1.41 bits per heavy atom. The van der Waals surface area contributed by atoms with Gasteiger partial charge < -0.3 is 10.2 Å². The van der Waals surface area contributed by atoms with E-state index in [1.54, 1.807) is 18.2 Å². The van der Waals surface area contributed by atoms with Crippen LogP contribution in [0, 0.1) is 5.82 Å². The lowest BCUT2D eigenvalue weighted by atomic mass is 10.0. The number of hydrogen-bond acceptors (Lipinski definition) is 2. The summed E-state index contributed by atoms with van der Waals surface area (Å²) in [5, 5.41) is 3.43. The minimum atomic E-state index is -0.341. The second kappa shape index (κ2) is 5.69. The lowest BCUT2D eigenvalue weighted by Gasteiger charge is -2.32. The molecular formula is C13H18ClFN2. The van der Waals surface area contributed by atoms with Crippen LogP contribution < -0.4 is 5.32 Å². The SMILES string of the molecule is CCN1CCC(Nc2cccc(Cl)c2F)CC1. The monoisotopic (exact) mass is 256 g/mol. The molecule has 4 heteroatoms. The fourth-order valence-electron chi connectivity index (χ4n) is 2.23. The van der Waals surface area contributed by atoms with Gasteiger partial charge in [-0.3, -0.25) is 0 Å². The van der Waals surface area contributed by atoms with Crippen LogP contribution in [0.1, 0.15) is 19.8 Å². The van der Waals surface area contributed by atoms with Crippen LogP contribution in [0.4, 0.5) is 10.1 Å². The van der Waals surface area contributed by atoms with Crippen LogP contribution in [0.5, 0.6) is 0 Å². The van der Waals surface area contributed by atoms with Gasteiger partial charge in [-0.15, -0.1) is 0 Å². The number of piperidine rings is 1. The standard InChI is InChI=1S/C13H18ClFN2/c1-2-17-8-6-10(7-9-17)16-12-5-3-4-11(14)13(12)15/h3-5,10,16H,2,6-9H2,1H3. The Hall–Kier alpha value is -0.800. The van der Waals surface area contributed by atoms with Gasteiger partial charge in [-0.1, -0.05) is 24.6 Å². The van der Waals surface area contributed by atoms with Crippen molar-refractivity contribution in [3.63, 3.8) is 0 Å². The van der Waals surface area contributed by atoms with Gasteiger partial charge >= 0.3 is 0 Å². The zero-order valence-electron chi connectivity index (χ0n) is 10.0. The molecule has 0 atom stereocenters. The Morgan fingerprint density at radius 2 is 2.12 bits per heavy atom. The zero-order chi connectivity index (χ0) is 12.3. The molecule has 0 aliphatic carbocycles. The number of hydrogen-bond donors (Lipinski definition) is 1. The molecule has 0 unspecified atom stereocenters. The molecule has 1 heterocycles. The largest absolute Gasteiger partial charge is 0.380 e. The van der Waals surface area contributed by atoms with Gasteiger partial charge in [0.25, 0.3) is 0 Å². The number of nitrogens with one attached hydrogen (secondary N) is 1. The summed E-state index contributed by atoms with van der Waals surface area (Å²) in [5.41, 5.74) is 0.521. The maximum atomic E-state index is 13.7. The van der Waals surface area contributed by atoms with Crippen LogP contribution in [0.25, 0.3) is 0 Å². The summed E-state index contributed by atoms with van der Waals surface area (Å²) in [7, 11) is 0. The summed E-state index contributed by atoms with van der Waals surface area (Å²) in [6.45, 7) is 5.43. The first-order chi connectivity index (χ1) is 8.20. The van der Waals surface area contributed by atoms with Crippen molar-refractivity contribution in [1.82, 2.24) is 4.90 Å². The van der Waals surface area contributed by atoms with E-state index in [-0.39, 0.29) is 10.8 Å². The van der Waals surface area contributed by atoms with E-state index in [4.69, 9.17) is 11.6 Å². The minimum Gasteiger partial charge on any atom is -0.380 e. The number of benzene rings is 1. The van der Waals surface area contributed by atoms with E-state index in [0.717, 1.165) is 32.5 Å². The minimum absolute atomic E-state index is 0.181. The third-order valence-electron chi connectivity index (χ3n) is 3.35. The fourth-order valence-corrected chi connectivity index (χ4v) is 2.40. The smallest absolute Gasteiger partial charge is 0.164 e. The molecule has 94 valence electrons. The van der Waals surface area contributed by atoms with Gasteiger partial charge in [0.05, 0.1) is 10.7 Å². The molecule has 0 amide bonds. The molecule has 0 bridgehead atoms. The zero-order valence-corrected chi connectivity index (χ0v) is 10.8. The second-order valence-corrected chi connectivity index (χ2v) is 4.86. The van der Waals surface area contributed by atoms with Crippen molar-refractivity contribution < 1.29 is 4.39 Å². The van der Waals surface area contributed by atoms with E-state index >= 15 is 0 Å². The predicted molar refractivity (Wildman–Crippen MR) is 70.2 cm³/mol. The Balaban J connectivity index is 1.95. The molecule has 1 aromatic carbocycles. The molecule has 1 aliphatic heterocycles. The molecule has 2 rings (SSSR count). The highest BCUT2D eigenvalue weighted by atomic mass is 35.5. The fraction of sp³-hybridized carbons (Fsp3) is 0.538. The second-order valence-electron chi connectivity index (χ2n) is 4.45. The van der Waals surface area contributed by atoms with E-state index < -0.39 is 0 Å². The summed E-state index contributed by atoms with van der Waals surface area (Å²) in [6, 6.07) is 5.44. The van der Waals surface area contributed by atoms with Crippen molar-refractivity contribution in [2.75, 3.05) is 25.0 Å². The van der Waals surface area contributed by atoms with Crippen molar-refractivity contribution in [2.45, 2.75) is 25.8 Å². The summed E-state index contributed by atoms with van der Waals surface area (Å²) in [4.78, 5) is 2.41. The lowest BCUT2D eigenvalue weighted by molar-refractivity contribution is 0.229. The quantitative estimate of drug-likeness (QED) is 0.892. The number of anilines is 1. The molecule has 1 saturated heterocycles. The summed E-state index contributed by atoms with van der Waals surface area (Å²) >= 11 is 5.75. The number of nitrogens with zero attached hydrogens (tertiary/aromatic N) is 1.